The predicted octanol–water partition coefficient (Wildman–Crippen LogP) is 15.5. The molecular formula is C61H39N3O. The van der Waals surface area contributed by atoms with Gasteiger partial charge < -0.3 is 9.13 Å². The van der Waals surface area contributed by atoms with Crippen LogP contribution in [0.15, 0.2) is 217 Å². The number of benzene rings is 9. The lowest BCUT2D eigenvalue weighted by molar-refractivity contribution is 1.04. The van der Waals surface area contributed by atoms with Gasteiger partial charge in [0.2, 0.25) is 0 Å². The van der Waals surface area contributed by atoms with E-state index in [9.17, 15) is 4.79 Å². The molecule has 0 bridgehead atoms. The second-order valence-corrected chi connectivity index (χ2v) is 17.5. The number of nitrogens with zero attached hydrogens (tertiary/aromatic N) is 3. The highest BCUT2D eigenvalue weighted by Crippen LogP contribution is 2.41. The molecule has 4 aromatic heterocycles. The second kappa shape index (κ2) is 13.8. The van der Waals surface area contributed by atoms with E-state index in [1.165, 1.54) is 54.8 Å². The lowest BCUT2D eigenvalue weighted by Crippen LogP contribution is -2.13. The molecule has 0 atom stereocenters. The Morgan fingerprint density at radius 1 is 0.338 bits per heavy atom. The first-order valence-electron chi connectivity index (χ1n) is 22.5. The number of pyridine rings is 1. The number of fused-ring (bicyclic) bond motifs is 11. The van der Waals surface area contributed by atoms with Crippen LogP contribution in [-0.2, 0) is 0 Å². The predicted molar refractivity (Wildman–Crippen MR) is 273 cm³/mol. The molecule has 65 heavy (non-hydrogen) atoms. The molecule has 1 aliphatic carbocycles. The summed E-state index contributed by atoms with van der Waals surface area (Å²) in [5.74, 6) is 0. The smallest absolute Gasteiger partial charge is 0.263 e. The lowest BCUT2D eigenvalue weighted by Gasteiger charge is -2.11. The van der Waals surface area contributed by atoms with Gasteiger partial charge in [-0.05, 0) is 137 Å². The quantitative estimate of drug-likeness (QED) is 0.159. The van der Waals surface area contributed by atoms with Crippen molar-refractivity contribution in [2.45, 2.75) is 12.8 Å². The summed E-state index contributed by atoms with van der Waals surface area (Å²) in [6, 6.07) is 70.2. The maximum atomic E-state index is 14.4. The molecule has 0 saturated heterocycles. The van der Waals surface area contributed by atoms with Crippen molar-refractivity contribution < 1.29 is 0 Å². The molecule has 0 amide bonds. The van der Waals surface area contributed by atoms with Crippen LogP contribution in [0.1, 0.15) is 18.4 Å². The minimum absolute atomic E-state index is 0.0268. The van der Waals surface area contributed by atoms with E-state index in [4.69, 9.17) is 0 Å². The Morgan fingerprint density at radius 2 is 0.846 bits per heavy atom. The summed E-state index contributed by atoms with van der Waals surface area (Å²) in [5.41, 5.74) is 15.9. The van der Waals surface area contributed by atoms with Crippen LogP contribution < -0.4 is 5.56 Å². The fraction of sp³-hybridized carbons (Fsp3) is 0.0328. The molecule has 0 saturated carbocycles. The summed E-state index contributed by atoms with van der Waals surface area (Å²) in [4.78, 5) is 14.4. The molecule has 4 heterocycles. The number of rotatable bonds is 5. The Labute approximate surface area is 373 Å². The Morgan fingerprint density at radius 3 is 1.52 bits per heavy atom. The fourth-order valence-corrected chi connectivity index (χ4v) is 11.0. The van der Waals surface area contributed by atoms with E-state index in [0.29, 0.717) is 0 Å². The van der Waals surface area contributed by atoms with Gasteiger partial charge in [-0.25, -0.2) is 0 Å². The van der Waals surface area contributed by atoms with Gasteiger partial charge in [-0.15, -0.1) is 0 Å². The topological polar surface area (TPSA) is 31.3 Å². The summed E-state index contributed by atoms with van der Waals surface area (Å²) in [6.45, 7) is 0. The van der Waals surface area contributed by atoms with E-state index >= 15 is 0 Å². The Hall–Kier alpha value is -8.47. The first-order chi connectivity index (χ1) is 32.2. The molecular weight excluding hydrogens is 791 g/mol. The normalized spacial score (nSPS) is 13.2. The van der Waals surface area contributed by atoms with Crippen molar-refractivity contribution in [1.29, 1.82) is 0 Å². The third-order valence-corrected chi connectivity index (χ3v) is 14.0. The second-order valence-electron chi connectivity index (χ2n) is 17.5. The van der Waals surface area contributed by atoms with Crippen LogP contribution in [-0.4, -0.2) is 13.5 Å². The SMILES string of the molecule is O=c1c2ccc(C3=CCCC=C3)cc2c2cccc3c4cc(-c5cccc(-n6c7ccccc7c7cc(-c8ccc9c(c8)c8ccccc8n9-c8ccccc8)ccc76)c5)ccc4n1c23. The third-order valence-electron chi connectivity index (χ3n) is 14.0. The van der Waals surface area contributed by atoms with Gasteiger partial charge >= 0.3 is 0 Å². The molecule has 9 aromatic carbocycles. The van der Waals surface area contributed by atoms with Crippen LogP contribution >= 0.6 is 0 Å². The molecule has 0 aliphatic heterocycles. The standard InChI is InChI=1S/C61H39N3O/c65-61-50-29-25-40(38-13-3-1-4-14-38)34-51(50)48-21-12-22-49-54-37-41(28-32-59(54)64(61)60(48)49)39-15-11-18-45(33-39)63-56-24-10-8-20-47(56)53-36-43(27-31-58(53)63)42-26-30-57-52(35-42)46-19-7-9-23-55(46)62(57)44-16-5-2-6-17-44/h2-3,5-37H,1,4H2. The van der Waals surface area contributed by atoms with Crippen LogP contribution in [0.4, 0.5) is 0 Å². The van der Waals surface area contributed by atoms with E-state index < -0.39 is 0 Å². The number of allylic oxidation sites excluding steroid dienone is 4. The Bertz CT molecular complexity index is 4250. The average molecular weight is 830 g/mol. The van der Waals surface area contributed by atoms with Crippen molar-refractivity contribution in [2.24, 2.45) is 0 Å². The minimum atomic E-state index is 0.0268. The molecule has 304 valence electrons. The van der Waals surface area contributed by atoms with Gasteiger partial charge in [0.15, 0.2) is 0 Å². The van der Waals surface area contributed by atoms with Crippen molar-refractivity contribution in [3.63, 3.8) is 0 Å². The zero-order valence-corrected chi connectivity index (χ0v) is 35.4. The van der Waals surface area contributed by atoms with E-state index in [2.05, 4.69) is 215 Å². The highest BCUT2D eigenvalue weighted by Gasteiger charge is 2.20. The van der Waals surface area contributed by atoms with E-state index in [0.717, 1.165) is 84.4 Å². The van der Waals surface area contributed by atoms with Crippen molar-refractivity contribution in [2.75, 3.05) is 0 Å². The van der Waals surface area contributed by atoms with Gasteiger partial charge in [-0.1, -0.05) is 127 Å². The van der Waals surface area contributed by atoms with Crippen molar-refractivity contribution in [3.8, 4) is 33.6 Å². The lowest BCUT2D eigenvalue weighted by atomic mass is 9.96. The van der Waals surface area contributed by atoms with Crippen molar-refractivity contribution in [1.82, 2.24) is 13.5 Å². The molecule has 1 aliphatic rings. The third kappa shape index (κ3) is 5.28. The zero-order chi connectivity index (χ0) is 42.8. The van der Waals surface area contributed by atoms with Gasteiger partial charge in [-0.2, -0.15) is 0 Å². The van der Waals surface area contributed by atoms with Gasteiger partial charge in [0.1, 0.15) is 0 Å². The summed E-state index contributed by atoms with van der Waals surface area (Å²) in [6.07, 6.45) is 8.85. The largest absolute Gasteiger partial charge is 0.309 e. The molecule has 0 radical (unpaired) electrons. The molecule has 0 N–H and O–H groups in total. The van der Waals surface area contributed by atoms with Crippen LogP contribution in [0, 0.1) is 0 Å². The molecule has 4 heteroatoms. The van der Waals surface area contributed by atoms with Crippen LogP contribution in [0.25, 0.3) is 121 Å². The van der Waals surface area contributed by atoms with Gasteiger partial charge in [0, 0.05) is 54.5 Å². The highest BCUT2D eigenvalue weighted by molar-refractivity contribution is 6.21. The number of hydrogen-bond acceptors (Lipinski definition) is 1. The molecule has 14 rings (SSSR count). The number of aromatic nitrogens is 3. The van der Waals surface area contributed by atoms with Crippen molar-refractivity contribution in [3.05, 3.63) is 228 Å². The van der Waals surface area contributed by atoms with E-state index in [1.807, 2.05) is 10.5 Å². The van der Waals surface area contributed by atoms with Gasteiger partial charge in [0.25, 0.3) is 5.56 Å². The first-order valence-corrected chi connectivity index (χ1v) is 22.5. The first kappa shape index (κ1) is 36.1. The van der Waals surface area contributed by atoms with Gasteiger partial charge in [-0.3, -0.25) is 9.20 Å². The zero-order valence-electron chi connectivity index (χ0n) is 35.4. The molecule has 0 unspecified atom stereocenters. The average Bonchev–Trinajstić information content (AvgIpc) is 4.01. The summed E-state index contributed by atoms with van der Waals surface area (Å²) < 4.78 is 6.71. The van der Waals surface area contributed by atoms with E-state index in [1.54, 1.807) is 0 Å². The molecule has 0 fully saturated rings. The number of para-hydroxylation sites is 4. The summed E-state index contributed by atoms with van der Waals surface area (Å²) >= 11 is 0. The Kier molecular flexibility index (Phi) is 7.63. The summed E-state index contributed by atoms with van der Waals surface area (Å²) in [5, 5.41) is 9.96. The monoisotopic (exact) mass is 829 g/mol. The fourth-order valence-electron chi connectivity index (χ4n) is 11.0. The van der Waals surface area contributed by atoms with Crippen LogP contribution in [0.2, 0.25) is 0 Å². The highest BCUT2D eigenvalue weighted by atomic mass is 16.1. The van der Waals surface area contributed by atoms with E-state index in [-0.39, 0.29) is 5.56 Å². The minimum Gasteiger partial charge on any atom is -0.309 e. The van der Waals surface area contributed by atoms with Crippen LogP contribution in [0.3, 0.4) is 0 Å². The van der Waals surface area contributed by atoms with Crippen molar-refractivity contribution >= 4 is 87.1 Å². The number of hydrogen-bond donors (Lipinski definition) is 0. The molecule has 13 aromatic rings. The molecule has 4 nitrogen and oxygen atoms in total. The maximum absolute atomic E-state index is 14.4. The maximum Gasteiger partial charge on any atom is 0.263 e. The summed E-state index contributed by atoms with van der Waals surface area (Å²) in [7, 11) is 0. The van der Waals surface area contributed by atoms with Gasteiger partial charge in [0.05, 0.1) is 33.1 Å². The Balaban J connectivity index is 0.888. The van der Waals surface area contributed by atoms with Crippen LogP contribution in [0.5, 0.6) is 0 Å². The molecule has 0 spiro atoms.